The molecule has 0 radical (unpaired) electrons. The molecule has 17 heavy (non-hydrogen) atoms. The molecule has 0 heteroatoms. The molecule has 0 amide bonds. The zero-order chi connectivity index (χ0) is 12.6. The summed E-state index contributed by atoms with van der Waals surface area (Å²) < 4.78 is 0. The van der Waals surface area contributed by atoms with E-state index in [1.54, 1.807) is 0 Å². The van der Waals surface area contributed by atoms with Crippen molar-refractivity contribution in [3.05, 3.63) is 36.5 Å². The number of hydrogen-bond donors (Lipinski definition) is 0. The highest BCUT2D eigenvalue weighted by Crippen LogP contribution is 2.03. The summed E-state index contributed by atoms with van der Waals surface area (Å²) in [6, 6.07) is 0. The van der Waals surface area contributed by atoms with Crippen molar-refractivity contribution in [2.24, 2.45) is 0 Å². The SMILES string of the molecule is C/C=C/CCCC/C=C/CC/C=C/CCCC. The van der Waals surface area contributed by atoms with E-state index in [-0.39, 0.29) is 0 Å². The maximum atomic E-state index is 2.34. The molecule has 0 N–H and O–H groups in total. The van der Waals surface area contributed by atoms with Crippen molar-refractivity contribution in [1.82, 2.24) is 0 Å². The van der Waals surface area contributed by atoms with Gasteiger partial charge in [0.05, 0.1) is 0 Å². The Kier molecular flexibility index (Phi) is 14.5. The Morgan fingerprint density at radius 3 is 1.59 bits per heavy atom. The van der Waals surface area contributed by atoms with Crippen LogP contribution >= 0.6 is 0 Å². The van der Waals surface area contributed by atoms with Gasteiger partial charge in [0.2, 0.25) is 0 Å². The minimum Gasteiger partial charge on any atom is -0.0917 e. The molecule has 0 spiro atoms. The summed E-state index contributed by atoms with van der Waals surface area (Å²) in [5.74, 6) is 0. The van der Waals surface area contributed by atoms with Gasteiger partial charge in [-0.1, -0.05) is 56.2 Å². The fraction of sp³-hybridized carbons (Fsp3) is 0.647. The number of allylic oxidation sites excluding steroid dienone is 6. The minimum atomic E-state index is 1.21. The molecule has 0 bridgehead atoms. The zero-order valence-corrected chi connectivity index (χ0v) is 11.8. The van der Waals surface area contributed by atoms with E-state index in [4.69, 9.17) is 0 Å². The van der Waals surface area contributed by atoms with Crippen molar-refractivity contribution < 1.29 is 0 Å². The van der Waals surface area contributed by atoms with Gasteiger partial charge < -0.3 is 0 Å². The van der Waals surface area contributed by atoms with E-state index in [1.165, 1.54) is 57.8 Å². The molecule has 0 heterocycles. The van der Waals surface area contributed by atoms with E-state index >= 15 is 0 Å². The standard InChI is InChI=1S/C17H30/c1-3-5-7-9-11-13-15-17-16-14-12-10-8-6-4-2/h3,5,10,12,15,17H,4,6-9,11,13-14,16H2,1-2H3/b5-3+,12-10+,17-15+. The molecule has 0 aliphatic carbocycles. The molecule has 0 unspecified atom stereocenters. The third kappa shape index (κ3) is 15.2. The van der Waals surface area contributed by atoms with Crippen LogP contribution in [0, 0.1) is 0 Å². The molecule has 0 nitrogen and oxygen atoms in total. The Labute approximate surface area is 109 Å². The van der Waals surface area contributed by atoms with Gasteiger partial charge in [0.25, 0.3) is 0 Å². The van der Waals surface area contributed by atoms with Gasteiger partial charge in [0, 0.05) is 0 Å². The van der Waals surface area contributed by atoms with Gasteiger partial charge >= 0.3 is 0 Å². The fourth-order valence-electron chi connectivity index (χ4n) is 1.68. The first-order valence-electron chi connectivity index (χ1n) is 7.33. The van der Waals surface area contributed by atoms with Gasteiger partial charge in [-0.3, -0.25) is 0 Å². The van der Waals surface area contributed by atoms with E-state index in [2.05, 4.69) is 50.3 Å². The Bertz CT molecular complexity index is 208. The molecule has 0 atom stereocenters. The van der Waals surface area contributed by atoms with Crippen LogP contribution in [-0.4, -0.2) is 0 Å². The summed E-state index contributed by atoms with van der Waals surface area (Å²) in [7, 11) is 0. The van der Waals surface area contributed by atoms with Crippen LogP contribution in [0.2, 0.25) is 0 Å². The lowest BCUT2D eigenvalue weighted by molar-refractivity contribution is 0.760. The van der Waals surface area contributed by atoms with Crippen molar-refractivity contribution in [3.8, 4) is 0 Å². The topological polar surface area (TPSA) is 0 Å². The number of unbranched alkanes of at least 4 members (excludes halogenated alkanes) is 6. The smallest absolute Gasteiger partial charge is 0.0316 e. The number of hydrogen-bond acceptors (Lipinski definition) is 0. The molecule has 0 aliphatic rings. The van der Waals surface area contributed by atoms with Crippen molar-refractivity contribution >= 4 is 0 Å². The zero-order valence-electron chi connectivity index (χ0n) is 11.8. The average molecular weight is 234 g/mol. The Morgan fingerprint density at radius 1 is 0.588 bits per heavy atom. The summed E-state index contributed by atoms with van der Waals surface area (Å²) in [6.07, 6.45) is 25.2. The molecule has 0 saturated heterocycles. The van der Waals surface area contributed by atoms with E-state index in [1.807, 2.05) is 0 Å². The first-order chi connectivity index (χ1) is 8.41. The number of rotatable bonds is 11. The van der Waals surface area contributed by atoms with Crippen LogP contribution in [0.1, 0.15) is 71.6 Å². The second kappa shape index (κ2) is 15.2. The lowest BCUT2D eigenvalue weighted by atomic mass is 10.1. The maximum absolute atomic E-state index is 2.34. The predicted octanol–water partition coefficient (Wildman–Crippen LogP) is 6.21. The van der Waals surface area contributed by atoms with Crippen LogP contribution in [0.25, 0.3) is 0 Å². The van der Waals surface area contributed by atoms with Crippen LogP contribution in [-0.2, 0) is 0 Å². The molecule has 0 saturated carbocycles. The van der Waals surface area contributed by atoms with Crippen molar-refractivity contribution in [2.45, 2.75) is 71.6 Å². The van der Waals surface area contributed by atoms with Crippen molar-refractivity contribution in [1.29, 1.82) is 0 Å². The van der Waals surface area contributed by atoms with Crippen molar-refractivity contribution in [3.63, 3.8) is 0 Å². The van der Waals surface area contributed by atoms with Crippen molar-refractivity contribution in [2.75, 3.05) is 0 Å². The van der Waals surface area contributed by atoms with Crippen LogP contribution in [0.3, 0.4) is 0 Å². The third-order valence-corrected chi connectivity index (χ3v) is 2.78. The third-order valence-electron chi connectivity index (χ3n) is 2.78. The molecule has 0 aromatic rings. The predicted molar refractivity (Wildman–Crippen MR) is 80.3 cm³/mol. The van der Waals surface area contributed by atoms with E-state index in [9.17, 15) is 0 Å². The molecule has 98 valence electrons. The Morgan fingerprint density at radius 2 is 1.06 bits per heavy atom. The highest BCUT2D eigenvalue weighted by Gasteiger charge is 1.83. The highest BCUT2D eigenvalue weighted by molar-refractivity contribution is 4.88. The van der Waals surface area contributed by atoms with Gasteiger partial charge in [-0.05, 0) is 51.9 Å². The van der Waals surface area contributed by atoms with Gasteiger partial charge in [-0.2, -0.15) is 0 Å². The van der Waals surface area contributed by atoms with E-state index < -0.39 is 0 Å². The first kappa shape index (κ1) is 16.2. The normalized spacial score (nSPS) is 12.4. The van der Waals surface area contributed by atoms with Crippen LogP contribution < -0.4 is 0 Å². The summed E-state index contributed by atoms with van der Waals surface area (Å²) in [5.41, 5.74) is 0. The Balaban J connectivity index is 3.17. The van der Waals surface area contributed by atoms with Crippen LogP contribution in [0.15, 0.2) is 36.5 Å². The van der Waals surface area contributed by atoms with Gasteiger partial charge in [0.1, 0.15) is 0 Å². The maximum Gasteiger partial charge on any atom is -0.0316 e. The van der Waals surface area contributed by atoms with E-state index in [0.717, 1.165) is 0 Å². The van der Waals surface area contributed by atoms with Crippen LogP contribution in [0.4, 0.5) is 0 Å². The average Bonchev–Trinajstić information content (AvgIpc) is 2.35. The molecule has 0 aliphatic heterocycles. The lowest BCUT2D eigenvalue weighted by Gasteiger charge is -1.93. The summed E-state index contributed by atoms with van der Waals surface area (Å²) in [6.45, 7) is 4.33. The molecule has 0 rings (SSSR count). The molecular formula is C17H30. The van der Waals surface area contributed by atoms with Gasteiger partial charge in [-0.15, -0.1) is 0 Å². The second-order valence-corrected chi connectivity index (χ2v) is 4.52. The van der Waals surface area contributed by atoms with E-state index in [0.29, 0.717) is 0 Å². The second-order valence-electron chi connectivity index (χ2n) is 4.52. The summed E-state index contributed by atoms with van der Waals surface area (Å²) in [5, 5.41) is 0. The minimum absolute atomic E-state index is 1.21. The van der Waals surface area contributed by atoms with Gasteiger partial charge in [0.15, 0.2) is 0 Å². The Hall–Kier alpha value is -0.780. The largest absolute Gasteiger partial charge is 0.0917 e. The lowest BCUT2D eigenvalue weighted by Crippen LogP contribution is -1.73. The van der Waals surface area contributed by atoms with Gasteiger partial charge in [-0.25, -0.2) is 0 Å². The quantitative estimate of drug-likeness (QED) is 0.295. The summed E-state index contributed by atoms with van der Waals surface area (Å²) >= 11 is 0. The first-order valence-corrected chi connectivity index (χ1v) is 7.33. The molecule has 0 aromatic heterocycles. The van der Waals surface area contributed by atoms with Crippen LogP contribution in [0.5, 0.6) is 0 Å². The molecular weight excluding hydrogens is 204 g/mol. The highest BCUT2D eigenvalue weighted by atomic mass is 13.9. The monoisotopic (exact) mass is 234 g/mol. The fourth-order valence-corrected chi connectivity index (χ4v) is 1.68. The molecule has 0 aromatic carbocycles. The summed E-state index contributed by atoms with van der Waals surface area (Å²) in [4.78, 5) is 0. The molecule has 0 fully saturated rings.